The number of hydrogen-bond donors (Lipinski definition) is 0. The number of imidazole rings is 8. The van der Waals surface area contributed by atoms with Gasteiger partial charge in [0, 0.05) is 147 Å². The summed E-state index contributed by atoms with van der Waals surface area (Å²) in [6.07, 6.45) is 8.25. The Bertz CT molecular complexity index is 7020. The van der Waals surface area contributed by atoms with Crippen molar-refractivity contribution in [1.29, 1.82) is 0 Å². The van der Waals surface area contributed by atoms with Gasteiger partial charge in [-0.05, 0) is 195 Å². The summed E-state index contributed by atoms with van der Waals surface area (Å²) < 4.78 is 95.2. The highest BCUT2D eigenvalue weighted by Gasteiger charge is 2.29. The number of fused-ring (bicyclic) bond motifs is 8. The van der Waals surface area contributed by atoms with Crippen molar-refractivity contribution in [3.8, 4) is 90.6 Å². The van der Waals surface area contributed by atoms with Gasteiger partial charge in [-0.1, -0.05) is 84.4 Å². The van der Waals surface area contributed by atoms with Gasteiger partial charge in [-0.2, -0.15) is 18.3 Å². The number of aryl methyl sites for hydroxylation is 17. The summed E-state index contributed by atoms with van der Waals surface area (Å²) in [5.74, 6) is 3.08. The Labute approximate surface area is 650 Å². The van der Waals surface area contributed by atoms with Crippen LogP contribution in [0.2, 0.25) is 0 Å². The predicted molar refractivity (Wildman–Crippen MR) is 441 cm³/mol. The molecule has 0 aliphatic heterocycles. The molecular weight excluding hydrogens is 1340 g/mol. The van der Waals surface area contributed by atoms with E-state index in [9.17, 15) is 0 Å². The number of aromatic nitrogens is 16. The van der Waals surface area contributed by atoms with Crippen LogP contribution in [0.5, 0.6) is 0 Å². The van der Waals surface area contributed by atoms with Crippen LogP contribution in [0.4, 0.5) is 0 Å². The van der Waals surface area contributed by atoms with Crippen LogP contribution in [0.1, 0.15) is 85.2 Å². The normalized spacial score (nSPS) is 13.1. The van der Waals surface area contributed by atoms with Crippen LogP contribution in [0.3, 0.4) is 0 Å². The molecule has 0 aliphatic rings. The number of rotatable bonds is 8. The van der Waals surface area contributed by atoms with E-state index in [1.807, 2.05) is 95.0 Å². The minimum Gasteiger partial charge on any atom is -0.308 e. The highest BCUT2D eigenvalue weighted by atomic mass is 15.2. The summed E-state index contributed by atoms with van der Waals surface area (Å²) in [6, 6.07) is 65.1. The molecule has 0 unspecified atom stereocenters. The molecule has 109 heavy (non-hydrogen) atoms. The number of benzene rings is 6. The lowest BCUT2D eigenvalue weighted by atomic mass is 9.97. The third kappa shape index (κ3) is 12.7. The van der Waals surface area contributed by atoms with Gasteiger partial charge in [-0.25, -0.2) is 19.9 Å². The van der Waals surface area contributed by atoms with E-state index < -0.39 is 20.6 Å². The standard InChI is InChI=1S/C24H23N4.C24H29N4.C23H21N4.C22H25N4/c1-16-13-21(18-10-6-5-9-17(18)2)26(3)22(14-16)23-15-28-20-12-8-7-11-19(20)25-24(28)27(23)4;1-14-9-21(20-12-16(3)15(2)11-17(20)4)26(7)22(10-14)23-13-28-19(6)18(5)25-24(28)27(23)8;1-16-9-4-5-10-17(16)19-13-8-14-21(25(19)2)22-15-27-20-12-7-6-11-18(20)24-23(27)26(22)3;1-14-10-11-18(15(2)12-14)19-8-7-9-20(24(19)5)21-13-26-17(4)16(3)23-22(26)25(21)6/h5-15H,1-4H3;9-13H,1-8H3;4-15H,1-3H3;7-13H,1-6H3/q4*+1/i;3D3,5D3;;3D3. The van der Waals surface area contributed by atoms with Crippen LogP contribution in [0.15, 0.2) is 213 Å². The molecule has 546 valence electrons. The molecule has 18 aromatic rings. The largest absolute Gasteiger partial charge is 0.308 e. The van der Waals surface area contributed by atoms with Crippen molar-refractivity contribution in [1.82, 2.24) is 55.8 Å². The van der Waals surface area contributed by atoms with E-state index >= 15 is 0 Å². The topological polar surface area (TPSA) is 104 Å². The maximum absolute atomic E-state index is 7.94. The Morgan fingerprint density at radius 3 is 1.08 bits per heavy atom. The summed E-state index contributed by atoms with van der Waals surface area (Å²) in [5, 5.41) is 0. The van der Waals surface area contributed by atoms with Crippen molar-refractivity contribution in [3.05, 3.63) is 286 Å². The van der Waals surface area contributed by atoms with Gasteiger partial charge >= 0.3 is 0 Å². The molecule has 0 fully saturated rings. The van der Waals surface area contributed by atoms with Gasteiger partial charge in [0.25, 0.3) is 0 Å². The fourth-order valence-corrected chi connectivity index (χ4v) is 15.6. The van der Waals surface area contributed by atoms with E-state index in [1.165, 1.54) is 61.6 Å². The maximum Gasteiger partial charge on any atom is 0.231 e. The fraction of sp³-hybridized carbons (Fsp3) is 0.226. The first-order valence-electron chi connectivity index (χ1n) is 41.2. The van der Waals surface area contributed by atoms with E-state index in [0.29, 0.717) is 28.5 Å². The molecule has 0 bridgehead atoms. The first kappa shape index (κ1) is 61.6. The zero-order chi connectivity index (χ0) is 84.4. The van der Waals surface area contributed by atoms with Gasteiger partial charge in [0.2, 0.25) is 68.7 Å². The highest BCUT2D eigenvalue weighted by molar-refractivity contribution is 5.83. The first-order chi connectivity index (χ1) is 55.9. The molecule has 16 nitrogen and oxygen atoms in total. The molecule has 0 spiro atoms. The van der Waals surface area contributed by atoms with Crippen LogP contribution >= 0.6 is 0 Å². The van der Waals surface area contributed by atoms with E-state index in [4.69, 9.17) is 22.3 Å². The monoisotopic (exact) mass is 1450 g/mol. The summed E-state index contributed by atoms with van der Waals surface area (Å²) in [4.78, 5) is 18.5. The molecule has 18 rings (SSSR count). The lowest BCUT2D eigenvalue weighted by Gasteiger charge is -2.12. The molecule has 0 saturated heterocycles. The number of para-hydroxylation sites is 4. The predicted octanol–water partition coefficient (Wildman–Crippen LogP) is 17.6. The minimum atomic E-state index is -2.28. The van der Waals surface area contributed by atoms with E-state index in [2.05, 4.69) is 288 Å². The summed E-state index contributed by atoms with van der Waals surface area (Å²) in [5.41, 5.74) is 32.6. The van der Waals surface area contributed by atoms with Crippen molar-refractivity contribution < 1.29 is 30.6 Å². The average molecular weight is 1450 g/mol. The molecule has 6 aromatic carbocycles. The Hall–Kier alpha value is -12.6. The van der Waals surface area contributed by atoms with Crippen molar-refractivity contribution in [2.24, 2.45) is 56.4 Å². The first-order valence-corrected chi connectivity index (χ1v) is 36.7. The summed E-state index contributed by atoms with van der Waals surface area (Å²) in [7, 11) is 16.2. The molecule has 0 radical (unpaired) electrons. The van der Waals surface area contributed by atoms with Gasteiger partial charge in [-0.15, -0.1) is 0 Å². The van der Waals surface area contributed by atoms with Crippen molar-refractivity contribution in [2.75, 3.05) is 0 Å². The van der Waals surface area contributed by atoms with Gasteiger partial charge in [-0.3, -0.25) is 17.6 Å². The number of hydrogen-bond acceptors (Lipinski definition) is 4. The second-order valence-electron chi connectivity index (χ2n) is 29.1. The third-order valence-electron chi connectivity index (χ3n) is 21.8. The molecular formula is C93H98N16+4. The zero-order valence-electron chi connectivity index (χ0n) is 74.4. The Morgan fingerprint density at radius 1 is 0.275 bits per heavy atom. The zero-order valence-corrected chi connectivity index (χ0v) is 65.4. The Kier molecular flexibility index (Phi) is 16.0. The minimum absolute atomic E-state index is 0.103. The average Bonchev–Trinajstić information content (AvgIpc) is 1.58. The summed E-state index contributed by atoms with van der Waals surface area (Å²) >= 11 is 0. The smallest absolute Gasteiger partial charge is 0.231 e. The molecule has 0 saturated carbocycles. The molecule has 0 aliphatic carbocycles. The van der Waals surface area contributed by atoms with Crippen molar-refractivity contribution in [3.63, 3.8) is 0 Å². The van der Waals surface area contributed by atoms with Gasteiger partial charge in [0.05, 0.1) is 33.5 Å². The van der Waals surface area contributed by atoms with Crippen LogP contribution < -0.4 is 18.3 Å². The van der Waals surface area contributed by atoms with Gasteiger partial charge in [0.1, 0.15) is 51.0 Å². The molecule has 12 aromatic heterocycles. The van der Waals surface area contributed by atoms with Crippen molar-refractivity contribution in [2.45, 2.75) is 89.8 Å². The van der Waals surface area contributed by atoms with Crippen LogP contribution in [0.25, 0.3) is 136 Å². The fourth-order valence-electron chi connectivity index (χ4n) is 15.6. The second kappa shape index (κ2) is 28.3. The lowest BCUT2D eigenvalue weighted by Crippen LogP contribution is -2.35. The highest BCUT2D eigenvalue weighted by Crippen LogP contribution is 2.34. The third-order valence-corrected chi connectivity index (χ3v) is 21.8. The summed E-state index contributed by atoms with van der Waals surface area (Å²) in [6.45, 7) is 13.4. The van der Waals surface area contributed by atoms with Gasteiger partial charge in [0.15, 0.2) is 0 Å². The Morgan fingerprint density at radius 2 is 0.642 bits per heavy atom. The number of pyridine rings is 4. The van der Waals surface area contributed by atoms with Crippen LogP contribution in [0, 0.1) is 89.8 Å². The van der Waals surface area contributed by atoms with E-state index in [-0.39, 0.29) is 11.4 Å². The van der Waals surface area contributed by atoms with Crippen molar-refractivity contribution >= 4 is 45.2 Å². The Balaban J connectivity index is 0.000000123. The van der Waals surface area contributed by atoms with E-state index in [1.54, 1.807) is 19.9 Å². The molecule has 0 atom stereocenters. The molecule has 12 heterocycles. The quantitative estimate of drug-likeness (QED) is 0.141. The second-order valence-corrected chi connectivity index (χ2v) is 29.1. The molecule has 0 amide bonds. The molecule has 16 heteroatoms. The van der Waals surface area contributed by atoms with Gasteiger partial charge < -0.3 is 18.3 Å². The SMILES string of the molecule is Cc1cc(-c2ccccc2C)[n+](C)c(-c2cn3c4ccccc4nc3n2C)c1.Cc1ccccc1-c1cccc(-c2cn3c4ccccc4nc3n2C)[n+]1C.[2H]C([2H])([2H])c1cc(-c2cc(C)cc(-c3cn4c(C)c(C([2H])([2H])[2H])nc4n3C)[n+]2C)c(C)cc1C.[2H]C([2H])([2H])c1nc2n(C)c(-c3cccc(-c4ccc(C)cc4C)[n+]3C)cn2c1C. The maximum atomic E-state index is 7.94. The lowest BCUT2D eigenvalue weighted by molar-refractivity contribution is -0.649. The molecule has 0 N–H and O–H groups in total. The number of nitrogens with zero attached hydrogens (tertiary/aromatic N) is 16. The van der Waals surface area contributed by atoms with Crippen LogP contribution in [-0.2, 0) is 56.4 Å². The van der Waals surface area contributed by atoms with E-state index in [0.717, 1.165) is 107 Å². The van der Waals surface area contributed by atoms with Crippen LogP contribution in [-0.4, -0.2) is 55.8 Å².